The first-order chi connectivity index (χ1) is 20.6. The van der Waals surface area contributed by atoms with E-state index in [-0.39, 0.29) is 30.2 Å². The predicted octanol–water partition coefficient (Wildman–Crippen LogP) is 12.4. The number of rotatable bonds is 5. The van der Waals surface area contributed by atoms with Gasteiger partial charge in [0.1, 0.15) is 0 Å². The maximum Gasteiger partial charge on any atom is -0.147 e. The molecule has 0 fully saturated rings. The zero-order valence-electron chi connectivity index (χ0n) is 29.4. The summed E-state index contributed by atoms with van der Waals surface area (Å²) >= 11 is -3.68. The zero-order valence-corrected chi connectivity index (χ0v) is 34.9. The molecule has 0 heterocycles. The van der Waals surface area contributed by atoms with Crippen molar-refractivity contribution in [1.82, 2.24) is 0 Å². The van der Waals surface area contributed by atoms with Crippen LogP contribution < -0.4 is 0 Å². The molecule has 2 unspecified atom stereocenters. The number of benzene rings is 4. The summed E-state index contributed by atoms with van der Waals surface area (Å²) in [7, 11) is 0. The van der Waals surface area contributed by atoms with Gasteiger partial charge in [0.15, 0.2) is 0 Å². The Morgan fingerprint density at radius 1 is 0.696 bits per heavy atom. The standard InChI is InChI=1S/C22H25.C18H17.2CH3.2ClH.H2Si.Zr/c1-15(2)18-13-17-7-6-8-20(21(17)14-18)16-9-11-19(12-10-16)22(3,4)5;1-12-5-4-6-15(9-12)16-8-7-14(3)17-10-13(2)11-18(16)17;;;;;;/h6-15H,1-5H3;4-11H,1-3H3;2*1H3;2*1H;1H2;. The molecular weight excluding hydrogens is 695 g/mol. The van der Waals surface area contributed by atoms with E-state index in [1.165, 1.54) is 50.1 Å². The van der Waals surface area contributed by atoms with Crippen LogP contribution in [0.15, 0.2) is 90.0 Å². The van der Waals surface area contributed by atoms with Crippen LogP contribution in [0.4, 0.5) is 0 Å². The molecule has 0 bridgehead atoms. The Morgan fingerprint density at radius 3 is 1.93 bits per heavy atom. The van der Waals surface area contributed by atoms with E-state index >= 15 is 0 Å². The number of halogens is 2. The zero-order chi connectivity index (χ0) is 31.8. The molecule has 0 saturated carbocycles. The first-order valence-corrected chi connectivity index (χ1v) is 30.2. The predicted molar refractivity (Wildman–Crippen MR) is 209 cm³/mol. The molecule has 0 radical (unpaired) electrons. The van der Waals surface area contributed by atoms with Gasteiger partial charge in [0.2, 0.25) is 0 Å². The number of hydrogen-bond acceptors (Lipinski definition) is 0. The van der Waals surface area contributed by atoms with Gasteiger partial charge in [0.05, 0.1) is 0 Å². The van der Waals surface area contributed by atoms with Gasteiger partial charge < -0.3 is 0 Å². The van der Waals surface area contributed by atoms with E-state index < -0.39 is 17.4 Å². The van der Waals surface area contributed by atoms with Gasteiger partial charge in [-0.3, -0.25) is 0 Å². The van der Waals surface area contributed by atoms with E-state index in [2.05, 4.69) is 163 Å². The first-order valence-electron chi connectivity index (χ1n) is 16.5. The van der Waals surface area contributed by atoms with Crippen molar-refractivity contribution in [3.63, 3.8) is 0 Å². The molecule has 0 amide bonds. The van der Waals surface area contributed by atoms with Crippen LogP contribution in [0.2, 0.25) is 9.26 Å². The minimum absolute atomic E-state index is 0. The van der Waals surface area contributed by atoms with Crippen molar-refractivity contribution in [3.8, 4) is 22.3 Å². The molecule has 0 saturated heterocycles. The van der Waals surface area contributed by atoms with Gasteiger partial charge in [0.25, 0.3) is 0 Å². The molecule has 0 nitrogen and oxygen atoms in total. The third-order valence-electron chi connectivity index (χ3n) is 10.7. The smallest absolute Gasteiger partial charge is 0.147 e. The van der Waals surface area contributed by atoms with Gasteiger partial charge in [-0.15, -0.1) is 24.8 Å². The average Bonchev–Trinajstić information content (AvgIpc) is 3.53. The summed E-state index contributed by atoms with van der Waals surface area (Å²) in [5, 5.41) is 0. The Kier molecular flexibility index (Phi) is 10.3. The molecule has 2 atom stereocenters. The summed E-state index contributed by atoms with van der Waals surface area (Å²) in [6.07, 6.45) is 5.16. The maximum absolute atomic E-state index is 3.68. The van der Waals surface area contributed by atoms with Gasteiger partial charge in [0, 0.05) is 0 Å². The molecule has 4 aromatic rings. The molecule has 2 aliphatic rings. The van der Waals surface area contributed by atoms with Crippen LogP contribution in [0.5, 0.6) is 0 Å². The third-order valence-corrected chi connectivity index (χ3v) is 28.2. The van der Waals surface area contributed by atoms with Crippen LogP contribution in [0.3, 0.4) is 0 Å². The molecule has 0 N–H and O–H groups in total. The van der Waals surface area contributed by atoms with Crippen molar-refractivity contribution >= 4 is 43.8 Å². The SMILES string of the molecule is CC1=Cc2c(-c3cccc(C)c3)ccc(C)c2[CH]1[Zr]([CH3])([CH3])(=[SiH2])[CH]1C(C(C)C)=Cc2c(-c3ccc(C(C)(C)C)cc3)cccc21.Cl.Cl. The summed E-state index contributed by atoms with van der Waals surface area (Å²) < 4.78 is 6.58. The van der Waals surface area contributed by atoms with Crippen LogP contribution in [0.25, 0.3) is 34.4 Å². The topological polar surface area (TPSA) is 0 Å². The Hall–Kier alpha value is -1.96. The number of allylic oxidation sites excluding steroid dienone is 2. The number of fused-ring (bicyclic) bond motifs is 2. The molecule has 0 aliphatic heterocycles. The largest absolute Gasteiger partial charge is 0.147 e. The first kappa shape index (κ1) is 36.9. The van der Waals surface area contributed by atoms with Crippen molar-refractivity contribution < 1.29 is 17.4 Å². The Morgan fingerprint density at radius 2 is 1.33 bits per heavy atom. The molecular formula is C42H52Cl2SiZr. The van der Waals surface area contributed by atoms with Crippen LogP contribution >= 0.6 is 24.8 Å². The minimum Gasteiger partial charge on any atom is -0.147 e. The van der Waals surface area contributed by atoms with Crippen LogP contribution in [-0.2, 0) is 22.8 Å². The Labute approximate surface area is 293 Å². The molecule has 4 heteroatoms. The molecule has 0 spiro atoms. The molecule has 2 aliphatic carbocycles. The van der Waals surface area contributed by atoms with Gasteiger partial charge in [-0.05, 0) is 0 Å². The molecule has 4 aromatic carbocycles. The van der Waals surface area contributed by atoms with E-state index in [1.54, 1.807) is 22.3 Å². The fourth-order valence-electron chi connectivity index (χ4n) is 8.66. The second kappa shape index (κ2) is 12.8. The summed E-state index contributed by atoms with van der Waals surface area (Å²) in [5.74, 6) is 0.505. The monoisotopic (exact) mass is 744 g/mol. The quantitative estimate of drug-likeness (QED) is 0.178. The van der Waals surface area contributed by atoms with Crippen molar-refractivity contribution in [3.05, 3.63) is 129 Å². The van der Waals surface area contributed by atoms with Crippen molar-refractivity contribution in [2.45, 2.75) is 77.3 Å². The van der Waals surface area contributed by atoms with Gasteiger partial charge in [-0.1, -0.05) is 0 Å². The third kappa shape index (κ3) is 6.18. The number of hydrogen-bond donors (Lipinski definition) is 0. The van der Waals surface area contributed by atoms with Crippen molar-refractivity contribution in [2.24, 2.45) is 5.92 Å². The van der Waals surface area contributed by atoms with Gasteiger partial charge in [-0.2, -0.15) is 0 Å². The fraction of sp³-hybridized carbons (Fsp3) is 0.333. The maximum atomic E-state index is 2.77. The van der Waals surface area contributed by atoms with E-state index in [4.69, 9.17) is 0 Å². The number of aryl methyl sites for hydroxylation is 2. The molecule has 0 aromatic heterocycles. The van der Waals surface area contributed by atoms with E-state index in [0.29, 0.717) is 13.2 Å². The van der Waals surface area contributed by atoms with E-state index in [9.17, 15) is 0 Å². The molecule has 242 valence electrons. The molecule has 46 heavy (non-hydrogen) atoms. The summed E-state index contributed by atoms with van der Waals surface area (Å²) in [6, 6.07) is 30.3. The average molecular weight is 747 g/mol. The van der Waals surface area contributed by atoms with Crippen LogP contribution in [0, 0.1) is 19.8 Å². The van der Waals surface area contributed by atoms with Crippen LogP contribution in [0.1, 0.15) is 87.7 Å². The Bertz CT molecular complexity index is 1930. The van der Waals surface area contributed by atoms with Crippen molar-refractivity contribution in [1.29, 1.82) is 0 Å². The van der Waals surface area contributed by atoms with Crippen molar-refractivity contribution in [2.75, 3.05) is 0 Å². The van der Waals surface area contributed by atoms with E-state index in [0.717, 1.165) is 0 Å². The summed E-state index contributed by atoms with van der Waals surface area (Å²) in [4.78, 5) is 0. The summed E-state index contributed by atoms with van der Waals surface area (Å²) in [6.45, 7) is 21.2. The fourth-order valence-corrected chi connectivity index (χ4v) is 29.3. The second-order valence-electron chi connectivity index (χ2n) is 16.3. The summed E-state index contributed by atoms with van der Waals surface area (Å²) in [5.41, 5.74) is 19.1. The van der Waals surface area contributed by atoms with Gasteiger partial charge >= 0.3 is 271 Å². The van der Waals surface area contributed by atoms with E-state index in [1.807, 2.05) is 0 Å². The minimum atomic E-state index is -3.68. The van der Waals surface area contributed by atoms with Crippen LogP contribution in [-0.4, -0.2) is 6.88 Å². The van der Waals surface area contributed by atoms with Gasteiger partial charge in [-0.25, -0.2) is 0 Å². The molecule has 6 rings (SSSR count). The Balaban J connectivity index is 0.00000240. The second-order valence-corrected chi connectivity index (χ2v) is 46.7. The normalized spacial score (nSPS) is 17.5.